The van der Waals surface area contributed by atoms with Gasteiger partial charge in [-0.2, -0.15) is 5.10 Å². The van der Waals surface area contributed by atoms with Crippen molar-refractivity contribution in [3.8, 4) is 11.4 Å². The summed E-state index contributed by atoms with van der Waals surface area (Å²) >= 11 is 6.28. The van der Waals surface area contributed by atoms with Crippen LogP contribution in [0.2, 0.25) is 5.15 Å². The number of aromatic hydroxyl groups is 1. The number of phenolic OH excluding ortho intramolecular Hbond substituents is 1. The monoisotopic (exact) mass is 234 g/mol. The van der Waals surface area contributed by atoms with Crippen LogP contribution in [-0.2, 0) is 12.8 Å². The number of benzene rings is 1. The van der Waals surface area contributed by atoms with Crippen molar-refractivity contribution in [2.45, 2.75) is 19.3 Å². The SMILES string of the molecule is Oc1ccc(-n2nc3c(c2Cl)CCC3)cc1. The van der Waals surface area contributed by atoms with Gasteiger partial charge in [-0.1, -0.05) is 11.6 Å². The van der Waals surface area contributed by atoms with Crippen LogP contribution in [0.5, 0.6) is 5.75 Å². The third kappa shape index (κ3) is 1.39. The second kappa shape index (κ2) is 3.52. The summed E-state index contributed by atoms with van der Waals surface area (Å²) in [5.41, 5.74) is 3.17. The molecule has 0 fully saturated rings. The Bertz CT molecular complexity index is 531. The summed E-state index contributed by atoms with van der Waals surface area (Å²) in [4.78, 5) is 0. The van der Waals surface area contributed by atoms with Crippen molar-refractivity contribution < 1.29 is 5.11 Å². The molecule has 0 atom stereocenters. The summed E-state index contributed by atoms with van der Waals surface area (Å²) < 4.78 is 1.74. The Morgan fingerprint density at radius 2 is 1.94 bits per heavy atom. The van der Waals surface area contributed by atoms with E-state index in [1.807, 2.05) is 12.1 Å². The molecule has 82 valence electrons. The molecule has 2 aromatic rings. The van der Waals surface area contributed by atoms with Crippen LogP contribution in [0.15, 0.2) is 24.3 Å². The minimum Gasteiger partial charge on any atom is -0.508 e. The lowest BCUT2D eigenvalue weighted by molar-refractivity contribution is 0.475. The molecule has 3 nitrogen and oxygen atoms in total. The van der Waals surface area contributed by atoms with Gasteiger partial charge in [-0.3, -0.25) is 0 Å². The van der Waals surface area contributed by atoms with Gasteiger partial charge in [0.15, 0.2) is 0 Å². The van der Waals surface area contributed by atoms with Gasteiger partial charge in [0.1, 0.15) is 10.9 Å². The molecule has 0 unspecified atom stereocenters. The van der Waals surface area contributed by atoms with E-state index in [-0.39, 0.29) is 5.75 Å². The molecule has 0 amide bonds. The molecule has 1 aliphatic carbocycles. The quantitative estimate of drug-likeness (QED) is 0.824. The summed E-state index contributed by atoms with van der Waals surface area (Å²) in [6.45, 7) is 0. The van der Waals surface area contributed by atoms with Gasteiger partial charge in [-0.15, -0.1) is 0 Å². The molecule has 1 aromatic heterocycles. The predicted molar refractivity (Wildman–Crippen MR) is 62.3 cm³/mol. The molecular formula is C12H11ClN2O. The number of fused-ring (bicyclic) bond motifs is 1. The Balaban J connectivity index is 2.10. The van der Waals surface area contributed by atoms with E-state index in [1.165, 1.54) is 5.56 Å². The fourth-order valence-corrected chi connectivity index (χ4v) is 2.46. The lowest BCUT2D eigenvalue weighted by Gasteiger charge is -2.03. The topological polar surface area (TPSA) is 38.0 Å². The molecule has 16 heavy (non-hydrogen) atoms. The molecule has 1 aliphatic rings. The van der Waals surface area contributed by atoms with E-state index in [0.717, 1.165) is 30.6 Å². The zero-order valence-corrected chi connectivity index (χ0v) is 9.41. The molecule has 0 saturated carbocycles. The van der Waals surface area contributed by atoms with Gasteiger partial charge in [-0.05, 0) is 43.5 Å². The highest BCUT2D eigenvalue weighted by atomic mass is 35.5. The van der Waals surface area contributed by atoms with Crippen molar-refractivity contribution in [1.82, 2.24) is 9.78 Å². The second-order valence-corrected chi connectivity index (χ2v) is 4.36. The molecule has 1 heterocycles. The lowest BCUT2D eigenvalue weighted by atomic mass is 10.3. The molecule has 0 saturated heterocycles. The van der Waals surface area contributed by atoms with E-state index >= 15 is 0 Å². The molecule has 1 N–H and O–H groups in total. The van der Waals surface area contributed by atoms with Crippen LogP contribution < -0.4 is 0 Å². The molecular weight excluding hydrogens is 224 g/mol. The van der Waals surface area contributed by atoms with Crippen molar-refractivity contribution >= 4 is 11.6 Å². The lowest BCUT2D eigenvalue weighted by Crippen LogP contribution is -1.97. The number of hydrogen-bond acceptors (Lipinski definition) is 2. The largest absolute Gasteiger partial charge is 0.508 e. The van der Waals surface area contributed by atoms with Gasteiger partial charge in [0.05, 0.1) is 11.4 Å². The Morgan fingerprint density at radius 3 is 2.62 bits per heavy atom. The summed E-state index contributed by atoms with van der Waals surface area (Å²) in [5.74, 6) is 0.250. The van der Waals surface area contributed by atoms with Crippen molar-refractivity contribution in [3.63, 3.8) is 0 Å². The Hall–Kier alpha value is -1.48. The van der Waals surface area contributed by atoms with Crippen LogP contribution in [0.4, 0.5) is 0 Å². The molecule has 0 aliphatic heterocycles. The van der Waals surface area contributed by atoms with E-state index < -0.39 is 0 Å². The number of aryl methyl sites for hydroxylation is 1. The second-order valence-electron chi connectivity index (χ2n) is 4.00. The third-order valence-corrected chi connectivity index (χ3v) is 3.33. The average molecular weight is 235 g/mol. The van der Waals surface area contributed by atoms with Gasteiger partial charge in [-0.25, -0.2) is 4.68 Å². The van der Waals surface area contributed by atoms with Crippen molar-refractivity contribution in [1.29, 1.82) is 0 Å². The van der Waals surface area contributed by atoms with Gasteiger partial charge >= 0.3 is 0 Å². The maximum Gasteiger partial charge on any atom is 0.136 e. The number of rotatable bonds is 1. The Labute approximate surface area is 98.3 Å². The first-order valence-electron chi connectivity index (χ1n) is 5.31. The Morgan fingerprint density at radius 1 is 1.19 bits per heavy atom. The van der Waals surface area contributed by atoms with Crippen LogP contribution in [0, 0.1) is 0 Å². The van der Waals surface area contributed by atoms with E-state index in [1.54, 1.807) is 16.8 Å². The van der Waals surface area contributed by atoms with Crippen molar-refractivity contribution in [3.05, 3.63) is 40.7 Å². The predicted octanol–water partition coefficient (Wildman–Crippen LogP) is 2.72. The molecule has 4 heteroatoms. The smallest absolute Gasteiger partial charge is 0.136 e. The normalized spacial score (nSPS) is 14.1. The molecule has 0 radical (unpaired) electrons. The van der Waals surface area contributed by atoms with Gasteiger partial charge in [0.25, 0.3) is 0 Å². The molecule has 0 spiro atoms. The highest BCUT2D eigenvalue weighted by molar-refractivity contribution is 6.30. The van der Waals surface area contributed by atoms with E-state index in [9.17, 15) is 5.11 Å². The van der Waals surface area contributed by atoms with E-state index in [0.29, 0.717) is 5.15 Å². The zero-order valence-electron chi connectivity index (χ0n) is 8.65. The summed E-state index contributed by atoms with van der Waals surface area (Å²) in [5, 5.41) is 14.4. The maximum absolute atomic E-state index is 9.23. The first-order chi connectivity index (χ1) is 7.75. The Kier molecular flexibility index (Phi) is 2.14. The van der Waals surface area contributed by atoms with Crippen molar-refractivity contribution in [2.75, 3.05) is 0 Å². The number of halogens is 1. The molecule has 0 bridgehead atoms. The van der Waals surface area contributed by atoms with Crippen LogP contribution in [-0.4, -0.2) is 14.9 Å². The minimum atomic E-state index is 0.250. The number of aromatic nitrogens is 2. The van der Waals surface area contributed by atoms with Crippen LogP contribution in [0.3, 0.4) is 0 Å². The standard InChI is InChI=1S/C12H11ClN2O/c13-12-10-2-1-3-11(10)14-15(12)8-4-6-9(16)7-5-8/h4-7,16H,1-3H2. The zero-order chi connectivity index (χ0) is 11.1. The third-order valence-electron chi connectivity index (χ3n) is 2.94. The minimum absolute atomic E-state index is 0.250. The number of hydrogen-bond donors (Lipinski definition) is 1. The first-order valence-corrected chi connectivity index (χ1v) is 5.69. The summed E-state index contributed by atoms with van der Waals surface area (Å²) in [6, 6.07) is 6.89. The summed E-state index contributed by atoms with van der Waals surface area (Å²) in [6.07, 6.45) is 3.18. The fourth-order valence-electron chi connectivity index (χ4n) is 2.12. The molecule has 1 aromatic carbocycles. The van der Waals surface area contributed by atoms with Crippen LogP contribution in [0.25, 0.3) is 5.69 Å². The van der Waals surface area contributed by atoms with Crippen molar-refractivity contribution in [2.24, 2.45) is 0 Å². The number of phenols is 1. The van der Waals surface area contributed by atoms with Gasteiger partial charge in [0, 0.05) is 5.56 Å². The van der Waals surface area contributed by atoms with Crippen LogP contribution >= 0.6 is 11.6 Å². The van der Waals surface area contributed by atoms with Gasteiger partial charge < -0.3 is 5.11 Å². The van der Waals surface area contributed by atoms with E-state index in [4.69, 9.17) is 11.6 Å². The highest BCUT2D eigenvalue weighted by Gasteiger charge is 2.21. The van der Waals surface area contributed by atoms with Gasteiger partial charge in [0.2, 0.25) is 0 Å². The highest BCUT2D eigenvalue weighted by Crippen LogP contribution is 2.30. The fraction of sp³-hybridized carbons (Fsp3) is 0.250. The average Bonchev–Trinajstić information content (AvgIpc) is 2.84. The van der Waals surface area contributed by atoms with E-state index in [2.05, 4.69) is 5.10 Å². The van der Waals surface area contributed by atoms with Crippen LogP contribution in [0.1, 0.15) is 17.7 Å². The number of nitrogens with zero attached hydrogens (tertiary/aromatic N) is 2. The summed E-state index contributed by atoms with van der Waals surface area (Å²) in [7, 11) is 0. The first kappa shape index (κ1) is 9.73. The molecule has 3 rings (SSSR count). The maximum atomic E-state index is 9.23.